The summed E-state index contributed by atoms with van der Waals surface area (Å²) in [6.07, 6.45) is -4.16. The van der Waals surface area contributed by atoms with Gasteiger partial charge in [0.05, 0.1) is 34.2 Å². The van der Waals surface area contributed by atoms with Gasteiger partial charge in [-0.05, 0) is 50.1 Å². The standard InChI is InChI=1S/C23H24ClF3N2O5S/c1-15-3-6-18(7-4-15)35(32,33)29(17-5-8-20(24)19(13-17)23(25,26)27)14-21(30)28-11-9-16(10-12-28)22(31)34-2/h3-8,13,16H,9-12,14H2,1-2H3. The molecule has 1 aliphatic heterocycles. The van der Waals surface area contributed by atoms with Crippen LogP contribution in [0.5, 0.6) is 0 Å². The first-order valence-electron chi connectivity index (χ1n) is 10.7. The van der Waals surface area contributed by atoms with E-state index in [2.05, 4.69) is 0 Å². The lowest BCUT2D eigenvalue weighted by molar-refractivity contribution is -0.148. The van der Waals surface area contributed by atoms with Crippen LogP contribution < -0.4 is 4.31 Å². The first kappa shape index (κ1) is 26.8. The molecule has 0 saturated carbocycles. The summed E-state index contributed by atoms with van der Waals surface area (Å²) in [6, 6.07) is 8.44. The average Bonchev–Trinajstić information content (AvgIpc) is 2.82. The Bertz CT molecular complexity index is 1190. The van der Waals surface area contributed by atoms with Gasteiger partial charge in [0.1, 0.15) is 6.54 Å². The Balaban J connectivity index is 1.96. The number of rotatable bonds is 6. The highest BCUT2D eigenvalue weighted by Gasteiger charge is 2.36. The predicted octanol–water partition coefficient (Wildman–Crippen LogP) is 4.27. The molecule has 1 heterocycles. The minimum absolute atomic E-state index is 0.177. The van der Waals surface area contributed by atoms with Gasteiger partial charge in [0, 0.05) is 13.1 Å². The number of esters is 1. The van der Waals surface area contributed by atoms with E-state index in [9.17, 15) is 31.2 Å². The number of ether oxygens (including phenoxy) is 1. The van der Waals surface area contributed by atoms with Crippen molar-refractivity contribution in [3.8, 4) is 0 Å². The summed E-state index contributed by atoms with van der Waals surface area (Å²) >= 11 is 5.71. The molecule has 1 saturated heterocycles. The summed E-state index contributed by atoms with van der Waals surface area (Å²) in [4.78, 5) is 26.0. The Morgan fingerprint density at radius 1 is 1.11 bits per heavy atom. The van der Waals surface area contributed by atoms with Crippen molar-refractivity contribution in [1.29, 1.82) is 0 Å². The fraction of sp³-hybridized carbons (Fsp3) is 0.391. The molecule has 0 bridgehead atoms. The monoisotopic (exact) mass is 532 g/mol. The lowest BCUT2D eigenvalue weighted by atomic mass is 9.97. The number of alkyl halides is 3. The normalized spacial score (nSPS) is 15.1. The average molecular weight is 533 g/mol. The highest BCUT2D eigenvalue weighted by Crippen LogP contribution is 2.38. The maximum atomic E-state index is 13.5. The molecule has 1 fully saturated rings. The minimum Gasteiger partial charge on any atom is -0.469 e. The summed E-state index contributed by atoms with van der Waals surface area (Å²) in [5, 5.41) is -0.592. The molecule has 190 valence electrons. The molecule has 3 rings (SSSR count). The van der Waals surface area contributed by atoms with Crippen LogP contribution in [0.15, 0.2) is 47.4 Å². The molecule has 0 radical (unpaired) electrons. The van der Waals surface area contributed by atoms with E-state index >= 15 is 0 Å². The van der Waals surface area contributed by atoms with Gasteiger partial charge in [-0.2, -0.15) is 13.2 Å². The summed E-state index contributed by atoms with van der Waals surface area (Å²) in [7, 11) is -3.13. The van der Waals surface area contributed by atoms with Crippen LogP contribution in [0.4, 0.5) is 18.9 Å². The molecule has 0 aromatic heterocycles. The van der Waals surface area contributed by atoms with Crippen LogP contribution in [0.25, 0.3) is 0 Å². The molecule has 2 aromatic rings. The fourth-order valence-corrected chi connectivity index (χ4v) is 5.42. The van der Waals surface area contributed by atoms with Crippen molar-refractivity contribution in [1.82, 2.24) is 4.90 Å². The van der Waals surface area contributed by atoms with Crippen molar-refractivity contribution in [3.05, 3.63) is 58.6 Å². The van der Waals surface area contributed by atoms with Crippen LogP contribution >= 0.6 is 11.6 Å². The van der Waals surface area contributed by atoms with Crippen LogP contribution in [0.2, 0.25) is 5.02 Å². The van der Waals surface area contributed by atoms with E-state index in [0.717, 1.165) is 17.7 Å². The van der Waals surface area contributed by atoms with E-state index in [1.54, 1.807) is 19.1 Å². The maximum absolute atomic E-state index is 13.5. The third kappa shape index (κ3) is 6.07. The quantitative estimate of drug-likeness (QED) is 0.519. The second kappa shape index (κ2) is 10.4. The van der Waals surface area contributed by atoms with Gasteiger partial charge in [0.15, 0.2) is 0 Å². The van der Waals surface area contributed by atoms with E-state index in [1.807, 2.05) is 0 Å². The van der Waals surface area contributed by atoms with E-state index in [-0.39, 0.29) is 35.6 Å². The van der Waals surface area contributed by atoms with Crippen molar-refractivity contribution >= 4 is 39.2 Å². The van der Waals surface area contributed by atoms with E-state index in [4.69, 9.17) is 16.3 Å². The van der Waals surface area contributed by atoms with Gasteiger partial charge < -0.3 is 9.64 Å². The molecular weight excluding hydrogens is 509 g/mol. The largest absolute Gasteiger partial charge is 0.469 e. The number of piperidine rings is 1. The minimum atomic E-state index is -4.83. The maximum Gasteiger partial charge on any atom is 0.417 e. The number of anilines is 1. The zero-order chi connectivity index (χ0) is 26.0. The van der Waals surface area contributed by atoms with Crippen molar-refractivity contribution in [2.75, 3.05) is 31.0 Å². The van der Waals surface area contributed by atoms with Crippen LogP contribution in [0.3, 0.4) is 0 Å². The highest BCUT2D eigenvalue weighted by atomic mass is 35.5. The Morgan fingerprint density at radius 2 is 1.71 bits per heavy atom. The number of aryl methyl sites for hydroxylation is 1. The van der Waals surface area contributed by atoms with Crippen molar-refractivity contribution in [2.45, 2.75) is 30.8 Å². The van der Waals surface area contributed by atoms with Crippen LogP contribution in [-0.4, -0.2) is 51.9 Å². The van der Waals surface area contributed by atoms with Gasteiger partial charge in [-0.25, -0.2) is 8.42 Å². The van der Waals surface area contributed by atoms with Gasteiger partial charge in [0.25, 0.3) is 10.0 Å². The molecule has 2 aromatic carbocycles. The molecule has 0 aliphatic carbocycles. The second-order valence-corrected chi connectivity index (χ2v) is 10.4. The van der Waals surface area contributed by atoms with Gasteiger partial charge >= 0.3 is 12.1 Å². The lowest BCUT2D eigenvalue weighted by Crippen LogP contribution is -2.46. The number of hydrogen-bond acceptors (Lipinski definition) is 5. The van der Waals surface area contributed by atoms with E-state index < -0.39 is 39.2 Å². The number of carbonyl (C=O) groups is 2. The molecule has 7 nitrogen and oxygen atoms in total. The Kier molecular flexibility index (Phi) is 8.00. The molecule has 35 heavy (non-hydrogen) atoms. The highest BCUT2D eigenvalue weighted by molar-refractivity contribution is 7.92. The third-order valence-corrected chi connectivity index (χ3v) is 7.93. The number of carbonyl (C=O) groups excluding carboxylic acids is 2. The first-order chi connectivity index (χ1) is 16.3. The molecule has 0 unspecified atom stereocenters. The molecule has 0 spiro atoms. The third-order valence-electron chi connectivity index (χ3n) is 5.81. The van der Waals surface area contributed by atoms with Gasteiger partial charge in [0.2, 0.25) is 5.91 Å². The van der Waals surface area contributed by atoms with Crippen LogP contribution in [0.1, 0.15) is 24.0 Å². The number of sulfonamides is 1. The molecule has 1 amide bonds. The smallest absolute Gasteiger partial charge is 0.417 e. The Hall–Kier alpha value is -2.79. The molecular formula is C23H24ClF3N2O5S. The second-order valence-electron chi connectivity index (χ2n) is 8.16. The predicted molar refractivity (Wildman–Crippen MR) is 123 cm³/mol. The Labute approximate surface area is 206 Å². The lowest BCUT2D eigenvalue weighted by Gasteiger charge is -2.33. The first-order valence-corrected chi connectivity index (χ1v) is 12.5. The number of likely N-dealkylation sites (tertiary alicyclic amines) is 1. The molecule has 0 N–H and O–H groups in total. The summed E-state index contributed by atoms with van der Waals surface area (Å²) in [5.41, 5.74) is -0.780. The zero-order valence-corrected chi connectivity index (χ0v) is 20.6. The SMILES string of the molecule is COC(=O)C1CCN(C(=O)CN(c2ccc(Cl)c(C(F)(F)F)c2)S(=O)(=O)c2ccc(C)cc2)CC1. The number of methoxy groups -OCH3 is 1. The van der Waals surface area contributed by atoms with Crippen LogP contribution in [0, 0.1) is 12.8 Å². The molecule has 1 aliphatic rings. The van der Waals surface area contributed by atoms with Crippen molar-refractivity contribution < 1.29 is 35.9 Å². The summed E-state index contributed by atoms with van der Waals surface area (Å²) in [6.45, 7) is 1.40. The number of hydrogen-bond donors (Lipinski definition) is 0. The molecule has 0 atom stereocenters. The number of halogens is 4. The Morgan fingerprint density at radius 3 is 2.26 bits per heavy atom. The van der Waals surface area contributed by atoms with Gasteiger partial charge in [-0.1, -0.05) is 29.3 Å². The van der Waals surface area contributed by atoms with E-state index in [0.29, 0.717) is 23.2 Å². The zero-order valence-electron chi connectivity index (χ0n) is 19.0. The van der Waals surface area contributed by atoms with Crippen molar-refractivity contribution in [2.24, 2.45) is 5.92 Å². The fourth-order valence-electron chi connectivity index (χ4n) is 3.79. The topological polar surface area (TPSA) is 84.0 Å². The van der Waals surface area contributed by atoms with Gasteiger partial charge in [-0.15, -0.1) is 0 Å². The van der Waals surface area contributed by atoms with Gasteiger partial charge in [-0.3, -0.25) is 13.9 Å². The van der Waals surface area contributed by atoms with Crippen molar-refractivity contribution in [3.63, 3.8) is 0 Å². The molecule has 12 heteroatoms. The summed E-state index contributed by atoms with van der Waals surface area (Å²) < 4.78 is 72.7. The summed E-state index contributed by atoms with van der Waals surface area (Å²) in [5.74, 6) is -1.36. The van der Waals surface area contributed by atoms with Crippen LogP contribution in [-0.2, 0) is 30.5 Å². The van der Waals surface area contributed by atoms with E-state index in [1.165, 1.54) is 24.1 Å². The number of amides is 1. The number of benzene rings is 2. The number of nitrogens with zero attached hydrogens (tertiary/aromatic N) is 2.